The maximum Gasteiger partial charge on any atom is 0.338 e. The Morgan fingerprint density at radius 3 is 2.55 bits per heavy atom. The number of hydrogen-bond donors (Lipinski definition) is 2. The highest BCUT2D eigenvalue weighted by molar-refractivity contribution is 6.01. The van der Waals surface area contributed by atoms with Gasteiger partial charge in [0, 0.05) is 17.8 Å². The Balaban J connectivity index is 2.31. The fraction of sp³-hybridized carbons (Fsp3) is 0.333. The second kappa shape index (κ2) is 4.89. The second-order valence-electron chi connectivity index (χ2n) is 4.63. The molecule has 0 aliphatic heterocycles. The van der Waals surface area contributed by atoms with Gasteiger partial charge in [-0.2, -0.15) is 0 Å². The molecule has 0 saturated heterocycles. The first-order valence-electron chi connectivity index (χ1n) is 5.84. The van der Waals surface area contributed by atoms with E-state index < -0.39 is 22.3 Å². The molecule has 1 aromatic rings. The average molecular weight is 279 g/mol. The summed E-state index contributed by atoms with van der Waals surface area (Å²) in [5.41, 5.74) is 4.63. The third-order valence-corrected chi connectivity index (χ3v) is 3.05. The number of carbonyl (C=O) groups excluding carboxylic acids is 2. The van der Waals surface area contributed by atoms with Gasteiger partial charge in [-0.3, -0.25) is 14.9 Å². The van der Waals surface area contributed by atoms with Crippen LogP contribution in [-0.4, -0.2) is 29.4 Å². The van der Waals surface area contributed by atoms with Gasteiger partial charge in [0.15, 0.2) is 0 Å². The van der Waals surface area contributed by atoms with E-state index in [0.29, 0.717) is 12.8 Å². The summed E-state index contributed by atoms with van der Waals surface area (Å²) in [6, 6.07) is 3.55. The Bertz CT molecular complexity index is 595. The molecule has 0 aromatic heterocycles. The monoisotopic (exact) mass is 279 g/mol. The first-order valence-corrected chi connectivity index (χ1v) is 5.84. The SMILES string of the molecule is COC(=O)c1cc(NC(=O)C2(N)CC2)cc([N+](=O)[O-])c1. The number of non-ortho nitro benzene ring substituents is 1. The van der Waals surface area contributed by atoms with Crippen LogP contribution < -0.4 is 11.1 Å². The quantitative estimate of drug-likeness (QED) is 0.477. The number of ether oxygens (including phenoxy) is 1. The highest BCUT2D eigenvalue weighted by atomic mass is 16.6. The van der Waals surface area contributed by atoms with Crippen LogP contribution in [-0.2, 0) is 9.53 Å². The molecule has 1 aliphatic rings. The van der Waals surface area contributed by atoms with E-state index in [1.54, 1.807) is 0 Å². The fourth-order valence-corrected chi connectivity index (χ4v) is 1.64. The molecule has 20 heavy (non-hydrogen) atoms. The van der Waals surface area contributed by atoms with Gasteiger partial charge in [-0.1, -0.05) is 0 Å². The number of nitro benzene ring substituents is 1. The summed E-state index contributed by atoms with van der Waals surface area (Å²) in [5, 5.41) is 13.3. The molecule has 1 saturated carbocycles. The van der Waals surface area contributed by atoms with E-state index in [1.165, 1.54) is 13.2 Å². The van der Waals surface area contributed by atoms with Gasteiger partial charge in [0.05, 0.1) is 23.1 Å². The van der Waals surface area contributed by atoms with Crippen molar-refractivity contribution in [2.75, 3.05) is 12.4 Å². The standard InChI is InChI=1S/C12H13N3O5/c1-20-10(16)7-4-8(6-9(5-7)15(18)19)14-11(17)12(13)2-3-12/h4-6H,2-3,13H2,1H3,(H,14,17). The number of benzene rings is 1. The molecule has 8 nitrogen and oxygen atoms in total. The van der Waals surface area contributed by atoms with Gasteiger partial charge in [-0.05, 0) is 18.9 Å². The number of carbonyl (C=O) groups is 2. The topological polar surface area (TPSA) is 125 Å². The molecule has 1 amide bonds. The number of rotatable bonds is 4. The molecular formula is C12H13N3O5. The molecule has 106 valence electrons. The van der Waals surface area contributed by atoms with E-state index >= 15 is 0 Å². The molecule has 0 heterocycles. The van der Waals surface area contributed by atoms with Crippen LogP contribution in [0.3, 0.4) is 0 Å². The van der Waals surface area contributed by atoms with Crippen molar-refractivity contribution in [1.29, 1.82) is 0 Å². The van der Waals surface area contributed by atoms with Crippen molar-refractivity contribution in [3.8, 4) is 0 Å². The van der Waals surface area contributed by atoms with Crippen LogP contribution in [0.15, 0.2) is 18.2 Å². The Kier molecular flexibility index (Phi) is 3.41. The average Bonchev–Trinajstić information content (AvgIpc) is 3.16. The fourth-order valence-electron chi connectivity index (χ4n) is 1.64. The van der Waals surface area contributed by atoms with Crippen molar-refractivity contribution in [2.24, 2.45) is 5.73 Å². The van der Waals surface area contributed by atoms with Gasteiger partial charge < -0.3 is 15.8 Å². The smallest absolute Gasteiger partial charge is 0.338 e. The van der Waals surface area contributed by atoms with E-state index in [9.17, 15) is 19.7 Å². The van der Waals surface area contributed by atoms with Gasteiger partial charge in [0.25, 0.3) is 5.69 Å². The van der Waals surface area contributed by atoms with Gasteiger partial charge in [-0.15, -0.1) is 0 Å². The highest BCUT2D eigenvalue weighted by Crippen LogP contribution is 2.33. The normalized spacial score (nSPS) is 15.3. The highest BCUT2D eigenvalue weighted by Gasteiger charge is 2.46. The summed E-state index contributed by atoms with van der Waals surface area (Å²) < 4.78 is 4.51. The van der Waals surface area contributed by atoms with Gasteiger partial charge >= 0.3 is 5.97 Å². The molecule has 1 fully saturated rings. The zero-order chi connectivity index (χ0) is 14.9. The Labute approximate surface area is 114 Å². The summed E-state index contributed by atoms with van der Waals surface area (Å²) >= 11 is 0. The van der Waals surface area contributed by atoms with Crippen molar-refractivity contribution in [2.45, 2.75) is 18.4 Å². The second-order valence-corrected chi connectivity index (χ2v) is 4.63. The lowest BCUT2D eigenvalue weighted by molar-refractivity contribution is -0.384. The third kappa shape index (κ3) is 2.75. The maximum absolute atomic E-state index is 11.8. The zero-order valence-electron chi connectivity index (χ0n) is 10.7. The summed E-state index contributed by atoms with van der Waals surface area (Å²) in [7, 11) is 1.17. The molecule has 0 bridgehead atoms. The molecule has 1 aliphatic carbocycles. The number of nitro groups is 1. The number of hydrogen-bond acceptors (Lipinski definition) is 6. The number of methoxy groups -OCH3 is 1. The number of nitrogens with zero attached hydrogens (tertiary/aromatic N) is 1. The molecule has 0 spiro atoms. The van der Waals surface area contributed by atoms with E-state index in [2.05, 4.69) is 10.1 Å². The summed E-state index contributed by atoms with van der Waals surface area (Å²) in [4.78, 5) is 33.4. The van der Waals surface area contributed by atoms with Crippen LogP contribution in [0.25, 0.3) is 0 Å². The molecule has 2 rings (SSSR count). The predicted molar refractivity (Wildman–Crippen MR) is 69.2 cm³/mol. The Morgan fingerprint density at radius 1 is 1.40 bits per heavy atom. The Morgan fingerprint density at radius 2 is 2.05 bits per heavy atom. The lowest BCUT2D eigenvalue weighted by Gasteiger charge is -2.10. The van der Waals surface area contributed by atoms with E-state index in [1.807, 2.05) is 0 Å². The summed E-state index contributed by atoms with van der Waals surface area (Å²) in [6.07, 6.45) is 1.13. The molecule has 1 aromatic carbocycles. The number of anilines is 1. The van der Waals surface area contributed by atoms with E-state index in [-0.39, 0.29) is 16.9 Å². The van der Waals surface area contributed by atoms with Gasteiger partial charge in [0.2, 0.25) is 5.91 Å². The third-order valence-electron chi connectivity index (χ3n) is 3.05. The van der Waals surface area contributed by atoms with Gasteiger partial charge in [0.1, 0.15) is 0 Å². The van der Waals surface area contributed by atoms with Crippen LogP contribution in [0.2, 0.25) is 0 Å². The molecule has 0 radical (unpaired) electrons. The van der Waals surface area contributed by atoms with Crippen molar-refractivity contribution in [3.63, 3.8) is 0 Å². The number of nitrogens with two attached hydrogens (primary N) is 1. The van der Waals surface area contributed by atoms with Crippen molar-refractivity contribution in [1.82, 2.24) is 0 Å². The van der Waals surface area contributed by atoms with E-state index in [0.717, 1.165) is 12.1 Å². The number of esters is 1. The molecule has 3 N–H and O–H groups in total. The minimum Gasteiger partial charge on any atom is -0.465 e. The maximum atomic E-state index is 11.8. The largest absolute Gasteiger partial charge is 0.465 e. The molecule has 0 unspecified atom stereocenters. The van der Waals surface area contributed by atoms with Gasteiger partial charge in [-0.25, -0.2) is 4.79 Å². The summed E-state index contributed by atoms with van der Waals surface area (Å²) in [6.45, 7) is 0. The lowest BCUT2D eigenvalue weighted by atomic mass is 10.1. The van der Waals surface area contributed by atoms with Crippen LogP contribution in [0.4, 0.5) is 11.4 Å². The Hall–Kier alpha value is -2.48. The molecule has 0 atom stereocenters. The van der Waals surface area contributed by atoms with Crippen molar-refractivity contribution in [3.05, 3.63) is 33.9 Å². The minimum absolute atomic E-state index is 0.0149. The number of nitrogens with one attached hydrogen (secondary N) is 1. The van der Waals surface area contributed by atoms with Crippen LogP contribution in [0.5, 0.6) is 0 Å². The number of amides is 1. The van der Waals surface area contributed by atoms with Crippen LogP contribution in [0.1, 0.15) is 23.2 Å². The lowest BCUT2D eigenvalue weighted by Crippen LogP contribution is -2.37. The van der Waals surface area contributed by atoms with Crippen molar-refractivity contribution < 1.29 is 19.2 Å². The van der Waals surface area contributed by atoms with E-state index in [4.69, 9.17) is 5.73 Å². The predicted octanol–water partition coefficient (Wildman–Crippen LogP) is 0.811. The first-order chi connectivity index (χ1) is 9.35. The summed E-state index contributed by atoms with van der Waals surface area (Å²) in [5.74, 6) is -1.15. The molecule has 8 heteroatoms. The zero-order valence-corrected chi connectivity index (χ0v) is 10.7. The van der Waals surface area contributed by atoms with Crippen LogP contribution >= 0.6 is 0 Å². The van der Waals surface area contributed by atoms with Crippen LogP contribution in [0, 0.1) is 10.1 Å². The van der Waals surface area contributed by atoms with Crippen molar-refractivity contribution >= 4 is 23.3 Å². The molecular weight excluding hydrogens is 266 g/mol. The minimum atomic E-state index is -0.907. The first kappa shape index (κ1) is 13.9.